The van der Waals surface area contributed by atoms with Gasteiger partial charge in [-0.3, -0.25) is 0 Å². The van der Waals surface area contributed by atoms with Crippen LogP contribution in [0.1, 0.15) is 17.0 Å². The van der Waals surface area contributed by atoms with E-state index in [1.807, 2.05) is 6.07 Å². The summed E-state index contributed by atoms with van der Waals surface area (Å²) in [5, 5.41) is 0. The Morgan fingerprint density at radius 3 is 2.95 bits per heavy atom. The number of aryl methyl sites for hydroxylation is 2. The molecule has 0 fully saturated rings. The molecule has 0 amide bonds. The van der Waals surface area contributed by atoms with Crippen LogP contribution in [0.3, 0.4) is 0 Å². The predicted octanol–water partition coefficient (Wildman–Crippen LogP) is 3.66. The molecule has 1 atom stereocenters. The number of nitrogens with zero attached hydrogens (tertiary/aromatic N) is 2. The van der Waals surface area contributed by atoms with E-state index in [0.717, 1.165) is 30.1 Å². The van der Waals surface area contributed by atoms with Gasteiger partial charge in [0.2, 0.25) is 0 Å². The highest BCUT2D eigenvalue weighted by atomic mass is 16.5. The van der Waals surface area contributed by atoms with Crippen molar-refractivity contribution in [2.75, 3.05) is 0 Å². The second kappa shape index (κ2) is 4.62. The number of ether oxygens (including phenoxy) is 1. The van der Waals surface area contributed by atoms with Crippen molar-refractivity contribution >= 4 is 11.0 Å². The molecule has 0 aliphatic carbocycles. The van der Waals surface area contributed by atoms with Crippen LogP contribution in [0, 0.1) is 13.8 Å². The number of imidazole rings is 1. The minimum Gasteiger partial charge on any atom is -0.488 e. The first-order valence-electron chi connectivity index (χ1n) is 7.39. The zero-order chi connectivity index (χ0) is 14.4. The molecule has 2 heterocycles. The van der Waals surface area contributed by atoms with Crippen molar-refractivity contribution in [3.05, 3.63) is 59.4 Å². The number of rotatable bonds is 2. The average molecular weight is 278 g/mol. The Kier molecular flexibility index (Phi) is 2.74. The Bertz CT molecular complexity index is 819. The molecule has 0 bridgehead atoms. The topological polar surface area (TPSA) is 27.1 Å². The molecule has 2 aromatic carbocycles. The van der Waals surface area contributed by atoms with E-state index >= 15 is 0 Å². The van der Waals surface area contributed by atoms with Crippen LogP contribution in [0.5, 0.6) is 5.75 Å². The van der Waals surface area contributed by atoms with E-state index in [1.165, 1.54) is 16.6 Å². The van der Waals surface area contributed by atoms with E-state index in [2.05, 4.69) is 59.8 Å². The molecular formula is C18H18N2O. The Morgan fingerprint density at radius 2 is 2.05 bits per heavy atom. The number of para-hydroxylation sites is 2. The van der Waals surface area contributed by atoms with Crippen molar-refractivity contribution < 1.29 is 4.74 Å². The third-order valence-electron chi connectivity index (χ3n) is 4.19. The zero-order valence-corrected chi connectivity index (χ0v) is 12.3. The zero-order valence-electron chi connectivity index (χ0n) is 12.3. The Morgan fingerprint density at radius 1 is 1.19 bits per heavy atom. The van der Waals surface area contributed by atoms with Gasteiger partial charge in [0.15, 0.2) is 0 Å². The lowest BCUT2D eigenvalue weighted by atomic mass is 10.1. The van der Waals surface area contributed by atoms with Crippen molar-refractivity contribution in [2.24, 2.45) is 0 Å². The van der Waals surface area contributed by atoms with Gasteiger partial charge in [0.1, 0.15) is 17.7 Å². The molecular weight excluding hydrogens is 260 g/mol. The van der Waals surface area contributed by atoms with Crippen LogP contribution in [-0.2, 0) is 13.0 Å². The summed E-state index contributed by atoms with van der Waals surface area (Å²) in [6.45, 7) is 5.04. The molecule has 3 aromatic rings. The van der Waals surface area contributed by atoms with E-state index in [1.54, 1.807) is 0 Å². The average Bonchev–Trinajstić information content (AvgIpc) is 3.00. The van der Waals surface area contributed by atoms with Gasteiger partial charge >= 0.3 is 0 Å². The molecule has 1 aliphatic rings. The molecule has 21 heavy (non-hydrogen) atoms. The van der Waals surface area contributed by atoms with Crippen LogP contribution < -0.4 is 4.74 Å². The third-order valence-corrected chi connectivity index (χ3v) is 4.19. The first-order valence-corrected chi connectivity index (χ1v) is 7.39. The summed E-state index contributed by atoms with van der Waals surface area (Å²) >= 11 is 0. The van der Waals surface area contributed by atoms with Crippen molar-refractivity contribution in [1.82, 2.24) is 9.55 Å². The highest BCUT2D eigenvalue weighted by molar-refractivity contribution is 5.75. The number of benzene rings is 2. The lowest BCUT2D eigenvalue weighted by Gasteiger charge is -2.13. The molecule has 1 aliphatic heterocycles. The van der Waals surface area contributed by atoms with E-state index in [9.17, 15) is 0 Å². The van der Waals surface area contributed by atoms with Gasteiger partial charge < -0.3 is 9.30 Å². The van der Waals surface area contributed by atoms with Crippen molar-refractivity contribution in [2.45, 2.75) is 32.9 Å². The summed E-state index contributed by atoms with van der Waals surface area (Å²) in [5.74, 6) is 2.08. The minimum atomic E-state index is 0.193. The highest BCUT2D eigenvalue weighted by Crippen LogP contribution is 2.30. The van der Waals surface area contributed by atoms with Crippen molar-refractivity contribution in [3.63, 3.8) is 0 Å². The maximum absolute atomic E-state index is 6.09. The standard InChI is InChI=1S/C18H18N2O/c1-12-7-8-18-14(9-12)10-15(21-18)11-20-13(2)19-16-5-3-4-6-17(16)20/h3-9,15H,10-11H2,1-2H3. The van der Waals surface area contributed by atoms with Crippen LogP contribution in [0.15, 0.2) is 42.5 Å². The molecule has 3 heteroatoms. The number of hydrogen-bond acceptors (Lipinski definition) is 2. The summed E-state index contributed by atoms with van der Waals surface area (Å²) in [4.78, 5) is 4.63. The van der Waals surface area contributed by atoms with Gasteiger partial charge in [-0.25, -0.2) is 4.98 Å². The first-order chi connectivity index (χ1) is 10.2. The molecule has 1 unspecified atom stereocenters. The molecule has 106 valence electrons. The maximum Gasteiger partial charge on any atom is 0.123 e. The van der Waals surface area contributed by atoms with E-state index in [0.29, 0.717) is 0 Å². The summed E-state index contributed by atoms with van der Waals surface area (Å²) in [5.41, 5.74) is 4.86. The molecule has 0 saturated carbocycles. The lowest BCUT2D eigenvalue weighted by Crippen LogP contribution is -2.21. The Balaban J connectivity index is 1.64. The fourth-order valence-corrected chi connectivity index (χ4v) is 3.18. The second-order valence-electron chi connectivity index (χ2n) is 5.81. The van der Waals surface area contributed by atoms with E-state index in [-0.39, 0.29) is 6.10 Å². The van der Waals surface area contributed by atoms with Gasteiger partial charge in [0.05, 0.1) is 17.6 Å². The van der Waals surface area contributed by atoms with Crippen LogP contribution in [0.25, 0.3) is 11.0 Å². The van der Waals surface area contributed by atoms with Crippen LogP contribution in [0.2, 0.25) is 0 Å². The smallest absolute Gasteiger partial charge is 0.123 e. The van der Waals surface area contributed by atoms with Crippen molar-refractivity contribution in [3.8, 4) is 5.75 Å². The lowest BCUT2D eigenvalue weighted by molar-refractivity contribution is 0.210. The maximum atomic E-state index is 6.09. The van der Waals surface area contributed by atoms with Gasteiger partial charge in [-0.15, -0.1) is 0 Å². The van der Waals surface area contributed by atoms with Crippen LogP contribution >= 0.6 is 0 Å². The molecule has 0 N–H and O–H groups in total. The van der Waals surface area contributed by atoms with Crippen molar-refractivity contribution in [1.29, 1.82) is 0 Å². The summed E-state index contributed by atoms with van der Waals surface area (Å²) in [6, 6.07) is 14.7. The Labute approximate surface area is 124 Å². The highest BCUT2D eigenvalue weighted by Gasteiger charge is 2.24. The largest absolute Gasteiger partial charge is 0.488 e. The monoisotopic (exact) mass is 278 g/mol. The Hall–Kier alpha value is -2.29. The van der Waals surface area contributed by atoms with Crippen LogP contribution in [0.4, 0.5) is 0 Å². The normalized spacial score (nSPS) is 17.0. The fourth-order valence-electron chi connectivity index (χ4n) is 3.18. The van der Waals surface area contributed by atoms with Crippen LogP contribution in [-0.4, -0.2) is 15.7 Å². The first kappa shape index (κ1) is 12.5. The van der Waals surface area contributed by atoms with Gasteiger partial charge in [-0.05, 0) is 37.6 Å². The molecule has 3 nitrogen and oxygen atoms in total. The van der Waals surface area contributed by atoms with Gasteiger partial charge in [-0.1, -0.05) is 29.8 Å². The molecule has 0 saturated heterocycles. The summed E-state index contributed by atoms with van der Waals surface area (Å²) in [6.07, 6.45) is 1.17. The predicted molar refractivity (Wildman–Crippen MR) is 83.8 cm³/mol. The molecule has 4 rings (SSSR count). The minimum absolute atomic E-state index is 0.193. The number of aromatic nitrogens is 2. The number of hydrogen-bond donors (Lipinski definition) is 0. The summed E-state index contributed by atoms with van der Waals surface area (Å²) in [7, 11) is 0. The van der Waals surface area contributed by atoms with Gasteiger partial charge in [0.25, 0.3) is 0 Å². The van der Waals surface area contributed by atoms with E-state index in [4.69, 9.17) is 4.74 Å². The SMILES string of the molecule is Cc1ccc2c(c1)CC(Cn1c(C)nc3ccccc31)O2. The third kappa shape index (κ3) is 2.09. The number of fused-ring (bicyclic) bond motifs is 2. The second-order valence-corrected chi connectivity index (χ2v) is 5.81. The molecule has 0 radical (unpaired) electrons. The molecule has 0 spiro atoms. The fraction of sp³-hybridized carbons (Fsp3) is 0.278. The van der Waals surface area contributed by atoms with Gasteiger partial charge in [-0.2, -0.15) is 0 Å². The molecule has 1 aromatic heterocycles. The van der Waals surface area contributed by atoms with E-state index < -0.39 is 0 Å². The quantitative estimate of drug-likeness (QED) is 0.715. The summed E-state index contributed by atoms with van der Waals surface area (Å²) < 4.78 is 8.35. The van der Waals surface area contributed by atoms with Gasteiger partial charge in [0, 0.05) is 6.42 Å².